The Kier molecular flexibility index (Phi) is 4.40. The number of methoxy groups -OCH3 is 1. The van der Waals surface area contributed by atoms with Crippen LogP contribution in [0.4, 0.5) is 0 Å². The average Bonchev–Trinajstić information content (AvgIpc) is 3.15. The maximum absolute atomic E-state index is 5.86. The molecule has 4 nitrogen and oxygen atoms in total. The van der Waals surface area contributed by atoms with Gasteiger partial charge in [0.1, 0.15) is 17.2 Å². The topological polar surface area (TPSA) is 36.9 Å². The molecule has 1 aliphatic rings. The summed E-state index contributed by atoms with van der Waals surface area (Å²) in [5.41, 5.74) is 2.23. The smallest absolute Gasteiger partial charge is 0.231 e. The van der Waals surface area contributed by atoms with Crippen LogP contribution in [-0.4, -0.2) is 13.9 Å². The molecule has 26 heavy (non-hydrogen) atoms. The lowest BCUT2D eigenvalue weighted by Gasteiger charge is -2.17. The van der Waals surface area contributed by atoms with Crippen LogP contribution >= 0.6 is 0 Å². The zero-order valence-corrected chi connectivity index (χ0v) is 14.8. The highest BCUT2D eigenvalue weighted by atomic mass is 16.7. The van der Waals surface area contributed by atoms with Crippen LogP contribution in [0.2, 0.25) is 0 Å². The second-order valence-corrected chi connectivity index (χ2v) is 6.15. The van der Waals surface area contributed by atoms with Crippen molar-refractivity contribution in [3.8, 4) is 28.7 Å². The summed E-state index contributed by atoms with van der Waals surface area (Å²) in [6, 6.07) is 21.8. The van der Waals surface area contributed by atoms with E-state index in [9.17, 15) is 0 Å². The molecule has 0 amide bonds. The van der Waals surface area contributed by atoms with Gasteiger partial charge in [-0.1, -0.05) is 37.3 Å². The molecule has 0 saturated carbocycles. The molecular formula is C22H20O4. The van der Waals surface area contributed by atoms with Crippen molar-refractivity contribution < 1.29 is 18.9 Å². The van der Waals surface area contributed by atoms with Crippen LogP contribution in [-0.2, 0) is 0 Å². The third-order valence-electron chi connectivity index (χ3n) is 4.55. The number of hydrogen-bond acceptors (Lipinski definition) is 4. The van der Waals surface area contributed by atoms with Gasteiger partial charge in [0.25, 0.3) is 0 Å². The minimum atomic E-state index is 0.144. The molecule has 132 valence electrons. The summed E-state index contributed by atoms with van der Waals surface area (Å²) in [4.78, 5) is 0. The van der Waals surface area contributed by atoms with E-state index >= 15 is 0 Å². The van der Waals surface area contributed by atoms with Crippen molar-refractivity contribution in [2.24, 2.45) is 0 Å². The van der Waals surface area contributed by atoms with Gasteiger partial charge in [-0.25, -0.2) is 0 Å². The molecule has 1 unspecified atom stereocenters. The van der Waals surface area contributed by atoms with Crippen molar-refractivity contribution in [1.82, 2.24) is 0 Å². The van der Waals surface area contributed by atoms with E-state index in [-0.39, 0.29) is 12.7 Å². The Balaban J connectivity index is 1.58. The van der Waals surface area contributed by atoms with Crippen molar-refractivity contribution in [1.29, 1.82) is 0 Å². The summed E-state index contributed by atoms with van der Waals surface area (Å²) >= 11 is 0. The normalized spacial score (nSPS) is 13.3. The molecule has 0 aliphatic carbocycles. The number of para-hydroxylation sites is 1. The Morgan fingerprint density at radius 1 is 0.846 bits per heavy atom. The highest BCUT2D eigenvalue weighted by molar-refractivity contribution is 5.54. The lowest BCUT2D eigenvalue weighted by molar-refractivity contribution is 0.174. The first kappa shape index (κ1) is 16.3. The maximum Gasteiger partial charge on any atom is 0.231 e. The molecule has 0 bridgehead atoms. The van der Waals surface area contributed by atoms with Gasteiger partial charge >= 0.3 is 0 Å². The number of fused-ring (bicyclic) bond motifs is 1. The van der Waals surface area contributed by atoms with Gasteiger partial charge in [-0.2, -0.15) is 0 Å². The molecule has 0 aromatic heterocycles. The van der Waals surface area contributed by atoms with Crippen LogP contribution in [0.5, 0.6) is 28.7 Å². The van der Waals surface area contributed by atoms with Crippen molar-refractivity contribution in [2.75, 3.05) is 13.9 Å². The highest BCUT2D eigenvalue weighted by Crippen LogP contribution is 2.42. The molecule has 3 aromatic carbocycles. The zero-order valence-electron chi connectivity index (χ0n) is 14.8. The van der Waals surface area contributed by atoms with Crippen molar-refractivity contribution in [3.63, 3.8) is 0 Å². The Bertz CT molecular complexity index is 888. The molecule has 0 radical (unpaired) electrons. The van der Waals surface area contributed by atoms with Gasteiger partial charge in [0.2, 0.25) is 6.79 Å². The van der Waals surface area contributed by atoms with E-state index in [4.69, 9.17) is 18.9 Å². The van der Waals surface area contributed by atoms with Gasteiger partial charge in [-0.3, -0.25) is 0 Å². The van der Waals surface area contributed by atoms with Crippen molar-refractivity contribution >= 4 is 0 Å². The van der Waals surface area contributed by atoms with Crippen LogP contribution < -0.4 is 18.9 Å². The molecule has 4 rings (SSSR count). The fraction of sp³-hybridized carbons (Fsp3) is 0.182. The second-order valence-electron chi connectivity index (χ2n) is 6.15. The number of hydrogen-bond donors (Lipinski definition) is 0. The summed E-state index contributed by atoms with van der Waals surface area (Å²) in [6.45, 7) is 2.40. The summed E-state index contributed by atoms with van der Waals surface area (Å²) in [6.07, 6.45) is 0. The average molecular weight is 348 g/mol. The van der Waals surface area contributed by atoms with Gasteiger partial charge in [-0.05, 0) is 35.9 Å². The summed E-state index contributed by atoms with van der Waals surface area (Å²) in [5.74, 6) is 4.06. The largest absolute Gasteiger partial charge is 0.496 e. The first-order valence-electron chi connectivity index (χ1n) is 8.55. The SMILES string of the molecule is COc1cc2c(cc1C(C)c1ccc(Oc3ccccc3)cc1)OCO2. The third kappa shape index (κ3) is 3.18. The van der Waals surface area contributed by atoms with Gasteiger partial charge < -0.3 is 18.9 Å². The third-order valence-corrected chi connectivity index (χ3v) is 4.55. The molecule has 0 spiro atoms. The molecule has 1 atom stereocenters. The number of ether oxygens (including phenoxy) is 4. The van der Waals surface area contributed by atoms with Crippen LogP contribution in [0, 0.1) is 0 Å². The van der Waals surface area contributed by atoms with E-state index in [0.29, 0.717) is 0 Å². The Labute approximate surface area is 152 Å². The van der Waals surface area contributed by atoms with Gasteiger partial charge in [0.15, 0.2) is 11.5 Å². The predicted octanol–water partition coefficient (Wildman–Crippen LogP) is 5.37. The zero-order chi connectivity index (χ0) is 17.9. The molecule has 1 heterocycles. The number of benzene rings is 3. The van der Waals surface area contributed by atoms with Crippen molar-refractivity contribution in [2.45, 2.75) is 12.8 Å². The van der Waals surface area contributed by atoms with Gasteiger partial charge in [0, 0.05) is 17.5 Å². The minimum absolute atomic E-state index is 0.144. The van der Waals surface area contributed by atoms with E-state index in [2.05, 4.69) is 19.1 Å². The first-order valence-corrected chi connectivity index (χ1v) is 8.55. The molecule has 1 aliphatic heterocycles. The molecule has 0 saturated heterocycles. The first-order chi connectivity index (χ1) is 12.7. The fourth-order valence-corrected chi connectivity index (χ4v) is 3.08. The molecule has 3 aromatic rings. The Morgan fingerprint density at radius 3 is 2.19 bits per heavy atom. The predicted molar refractivity (Wildman–Crippen MR) is 99.6 cm³/mol. The second kappa shape index (κ2) is 7.00. The summed E-state index contributed by atoms with van der Waals surface area (Å²) in [7, 11) is 1.67. The van der Waals surface area contributed by atoms with Crippen LogP contribution in [0.25, 0.3) is 0 Å². The van der Waals surface area contributed by atoms with Crippen LogP contribution in [0.3, 0.4) is 0 Å². The molecule has 4 heteroatoms. The highest BCUT2D eigenvalue weighted by Gasteiger charge is 2.21. The van der Waals surface area contributed by atoms with E-state index < -0.39 is 0 Å². The fourth-order valence-electron chi connectivity index (χ4n) is 3.08. The van der Waals surface area contributed by atoms with E-state index in [1.54, 1.807) is 7.11 Å². The van der Waals surface area contributed by atoms with Gasteiger partial charge in [-0.15, -0.1) is 0 Å². The molecule has 0 fully saturated rings. The standard InChI is InChI=1S/C22H20O4/c1-15(19-12-21-22(25-14-24-21)13-20(19)23-2)16-8-10-18(11-9-16)26-17-6-4-3-5-7-17/h3-13,15H,14H2,1-2H3. The van der Waals surface area contributed by atoms with E-state index in [1.807, 2.05) is 54.6 Å². The Hall–Kier alpha value is -3.14. The van der Waals surface area contributed by atoms with E-state index in [0.717, 1.165) is 34.3 Å². The lowest BCUT2D eigenvalue weighted by atomic mass is 9.92. The summed E-state index contributed by atoms with van der Waals surface area (Å²) < 4.78 is 22.4. The number of rotatable bonds is 5. The minimum Gasteiger partial charge on any atom is -0.496 e. The van der Waals surface area contributed by atoms with Crippen LogP contribution in [0.1, 0.15) is 24.0 Å². The lowest BCUT2D eigenvalue weighted by Crippen LogP contribution is -2.00. The Morgan fingerprint density at radius 2 is 1.50 bits per heavy atom. The monoisotopic (exact) mass is 348 g/mol. The maximum atomic E-state index is 5.86. The molecule has 0 N–H and O–H groups in total. The quantitative estimate of drug-likeness (QED) is 0.621. The summed E-state index contributed by atoms with van der Waals surface area (Å²) in [5, 5.41) is 0. The van der Waals surface area contributed by atoms with Crippen LogP contribution in [0.15, 0.2) is 66.7 Å². The molecular weight excluding hydrogens is 328 g/mol. The van der Waals surface area contributed by atoms with E-state index in [1.165, 1.54) is 5.56 Å². The van der Waals surface area contributed by atoms with Gasteiger partial charge in [0.05, 0.1) is 7.11 Å². The van der Waals surface area contributed by atoms with Crippen molar-refractivity contribution in [3.05, 3.63) is 77.9 Å².